The van der Waals surface area contributed by atoms with Gasteiger partial charge >= 0.3 is 0 Å². The molecule has 2 heterocycles. The molecule has 2 aliphatic heterocycles. The molecule has 0 saturated carbocycles. The number of hydrogen-bond acceptors (Lipinski definition) is 9. The number of aliphatic hydroxyl groups excluding tert-OH is 4. The minimum absolute atomic E-state index is 0.0979. The van der Waals surface area contributed by atoms with Crippen molar-refractivity contribution in [1.82, 2.24) is 0 Å². The Morgan fingerprint density at radius 2 is 1.73 bits per heavy atom. The first-order chi connectivity index (χ1) is 14.4. The molecule has 5 N–H and O–H groups in total. The van der Waals surface area contributed by atoms with Crippen LogP contribution < -0.4 is 9.47 Å². The van der Waals surface area contributed by atoms with Crippen LogP contribution in [0.3, 0.4) is 0 Å². The van der Waals surface area contributed by atoms with Gasteiger partial charge in [-0.3, -0.25) is 4.79 Å². The van der Waals surface area contributed by atoms with Crippen LogP contribution in [0.5, 0.6) is 17.2 Å². The van der Waals surface area contributed by atoms with Crippen LogP contribution in [0.25, 0.3) is 6.08 Å². The number of ether oxygens (including phenoxy) is 3. The summed E-state index contributed by atoms with van der Waals surface area (Å²) >= 11 is 0. The van der Waals surface area contributed by atoms with E-state index in [0.717, 1.165) is 0 Å². The SMILES string of the molecule is O=C1/C(=C\c2ccc(O)cc2)Oc2cc(O[C@@H]3OC(CO)[C@@H](O)[C@H](O)C3O)ccc21. The lowest BCUT2D eigenvalue weighted by Crippen LogP contribution is -2.60. The summed E-state index contributed by atoms with van der Waals surface area (Å²) in [5.74, 6) is 0.316. The highest BCUT2D eigenvalue weighted by Crippen LogP contribution is 2.36. The maximum absolute atomic E-state index is 12.5. The summed E-state index contributed by atoms with van der Waals surface area (Å²) in [6.45, 7) is -0.571. The number of phenols is 1. The van der Waals surface area contributed by atoms with E-state index >= 15 is 0 Å². The zero-order valence-electron chi connectivity index (χ0n) is 15.6. The molecule has 2 unspecified atom stereocenters. The lowest BCUT2D eigenvalue weighted by atomic mass is 9.99. The van der Waals surface area contributed by atoms with Crippen molar-refractivity contribution in [3.63, 3.8) is 0 Å². The van der Waals surface area contributed by atoms with Crippen molar-refractivity contribution in [2.75, 3.05) is 6.61 Å². The molecule has 158 valence electrons. The van der Waals surface area contributed by atoms with Crippen LogP contribution in [0.2, 0.25) is 0 Å². The Balaban J connectivity index is 1.52. The van der Waals surface area contributed by atoms with Gasteiger partial charge in [-0.1, -0.05) is 12.1 Å². The number of carbonyl (C=O) groups excluding carboxylic acids is 1. The van der Waals surface area contributed by atoms with Crippen LogP contribution >= 0.6 is 0 Å². The maximum Gasteiger partial charge on any atom is 0.231 e. The van der Waals surface area contributed by atoms with E-state index in [4.69, 9.17) is 14.2 Å². The minimum atomic E-state index is -1.56. The maximum atomic E-state index is 12.5. The summed E-state index contributed by atoms with van der Waals surface area (Å²) in [4.78, 5) is 12.5. The Labute approximate surface area is 171 Å². The Morgan fingerprint density at radius 3 is 2.43 bits per heavy atom. The second-order valence-electron chi connectivity index (χ2n) is 7.00. The third kappa shape index (κ3) is 3.76. The van der Waals surface area contributed by atoms with Crippen LogP contribution in [-0.2, 0) is 4.74 Å². The molecule has 4 rings (SSSR count). The Hall–Kier alpha value is -2.95. The zero-order chi connectivity index (χ0) is 21.4. The monoisotopic (exact) mass is 416 g/mol. The summed E-state index contributed by atoms with van der Waals surface area (Å²) in [5, 5.41) is 48.4. The van der Waals surface area contributed by atoms with Crippen LogP contribution in [0, 0.1) is 0 Å². The third-order valence-electron chi connectivity index (χ3n) is 4.93. The number of Topliss-reactive ketones (excluding diaryl/α,β-unsaturated/α-hetero) is 1. The number of allylic oxidation sites excluding steroid dienone is 1. The van der Waals surface area contributed by atoms with E-state index in [9.17, 15) is 30.3 Å². The molecule has 1 saturated heterocycles. The third-order valence-corrected chi connectivity index (χ3v) is 4.93. The van der Waals surface area contributed by atoms with E-state index in [-0.39, 0.29) is 28.8 Å². The number of fused-ring (bicyclic) bond motifs is 1. The smallest absolute Gasteiger partial charge is 0.231 e. The van der Waals surface area contributed by atoms with E-state index in [1.807, 2.05) is 0 Å². The number of phenolic OH excluding ortho intramolecular Hbond substituents is 1. The Kier molecular flexibility index (Phi) is 5.46. The first-order valence-corrected chi connectivity index (χ1v) is 9.22. The summed E-state index contributed by atoms with van der Waals surface area (Å²) < 4.78 is 16.5. The first kappa shape index (κ1) is 20.3. The normalized spacial score (nSPS) is 29.5. The number of rotatable bonds is 4. The second kappa shape index (κ2) is 8.05. The molecule has 2 aliphatic rings. The van der Waals surface area contributed by atoms with E-state index in [2.05, 4.69) is 0 Å². The highest BCUT2D eigenvalue weighted by molar-refractivity contribution is 6.14. The van der Waals surface area contributed by atoms with Crippen molar-refractivity contribution in [3.05, 3.63) is 59.4 Å². The molecule has 9 nitrogen and oxygen atoms in total. The van der Waals surface area contributed by atoms with Gasteiger partial charge in [0.2, 0.25) is 12.1 Å². The number of aromatic hydroxyl groups is 1. The fourth-order valence-corrected chi connectivity index (χ4v) is 3.26. The van der Waals surface area contributed by atoms with Crippen LogP contribution in [0.15, 0.2) is 48.2 Å². The molecule has 0 radical (unpaired) electrons. The van der Waals surface area contributed by atoms with Crippen molar-refractivity contribution in [2.24, 2.45) is 0 Å². The van der Waals surface area contributed by atoms with Gasteiger partial charge in [0.25, 0.3) is 0 Å². The molecule has 2 aromatic rings. The Morgan fingerprint density at radius 1 is 1.00 bits per heavy atom. The molecule has 30 heavy (non-hydrogen) atoms. The van der Waals surface area contributed by atoms with E-state index in [1.165, 1.54) is 30.3 Å². The molecular weight excluding hydrogens is 396 g/mol. The average Bonchev–Trinajstić information content (AvgIpc) is 3.05. The van der Waals surface area contributed by atoms with Crippen molar-refractivity contribution in [1.29, 1.82) is 0 Å². The lowest BCUT2D eigenvalue weighted by molar-refractivity contribution is -0.277. The number of hydrogen-bond donors (Lipinski definition) is 5. The molecular formula is C21H20O9. The molecule has 1 fully saturated rings. The van der Waals surface area contributed by atoms with E-state index in [1.54, 1.807) is 18.2 Å². The van der Waals surface area contributed by atoms with Crippen molar-refractivity contribution in [2.45, 2.75) is 30.7 Å². The summed E-state index contributed by atoms with van der Waals surface area (Å²) in [6, 6.07) is 10.7. The molecule has 0 amide bonds. The summed E-state index contributed by atoms with van der Waals surface area (Å²) in [5.41, 5.74) is 0.989. The standard InChI is InChI=1S/C21H20O9/c22-9-16-18(25)19(26)20(27)21(30-16)28-12-5-6-13-14(8-12)29-15(17(13)24)7-10-1-3-11(23)4-2-10/h1-8,16,18-23,25-27H,9H2/b15-7+/t16?,18-,19+,20?,21-/m1/s1. The van der Waals surface area contributed by atoms with Crippen molar-refractivity contribution < 1.29 is 44.5 Å². The topological polar surface area (TPSA) is 146 Å². The van der Waals surface area contributed by atoms with Gasteiger partial charge in [0.1, 0.15) is 41.7 Å². The zero-order valence-corrected chi connectivity index (χ0v) is 15.6. The second-order valence-corrected chi connectivity index (χ2v) is 7.00. The minimum Gasteiger partial charge on any atom is -0.508 e. The molecule has 5 atom stereocenters. The summed E-state index contributed by atoms with van der Waals surface area (Å²) in [7, 11) is 0. The van der Waals surface area contributed by atoms with Gasteiger partial charge in [-0.05, 0) is 35.9 Å². The number of aliphatic hydroxyl groups is 4. The molecule has 0 aliphatic carbocycles. The van der Waals surface area contributed by atoms with Gasteiger partial charge in [0.15, 0.2) is 5.76 Å². The highest BCUT2D eigenvalue weighted by atomic mass is 16.7. The fourth-order valence-electron chi connectivity index (χ4n) is 3.26. The molecule has 0 spiro atoms. The van der Waals surface area contributed by atoms with Gasteiger partial charge < -0.3 is 39.7 Å². The molecule has 2 aromatic carbocycles. The predicted molar refractivity (Wildman–Crippen MR) is 102 cm³/mol. The van der Waals surface area contributed by atoms with Gasteiger partial charge in [0.05, 0.1) is 12.2 Å². The van der Waals surface area contributed by atoms with Crippen molar-refractivity contribution >= 4 is 11.9 Å². The fraction of sp³-hybridized carbons (Fsp3) is 0.286. The van der Waals surface area contributed by atoms with E-state index in [0.29, 0.717) is 11.1 Å². The van der Waals surface area contributed by atoms with Crippen LogP contribution in [0.4, 0.5) is 0 Å². The van der Waals surface area contributed by atoms with E-state index < -0.39 is 37.3 Å². The van der Waals surface area contributed by atoms with Gasteiger partial charge in [-0.15, -0.1) is 0 Å². The molecule has 0 bridgehead atoms. The first-order valence-electron chi connectivity index (χ1n) is 9.22. The van der Waals surface area contributed by atoms with Gasteiger partial charge in [-0.25, -0.2) is 0 Å². The number of carbonyl (C=O) groups is 1. The highest BCUT2D eigenvalue weighted by Gasteiger charge is 2.44. The number of ketones is 1. The largest absolute Gasteiger partial charge is 0.508 e. The van der Waals surface area contributed by atoms with Crippen LogP contribution in [0.1, 0.15) is 15.9 Å². The summed E-state index contributed by atoms with van der Waals surface area (Å²) in [6.07, 6.45) is -5.50. The molecule has 9 heteroatoms. The Bertz CT molecular complexity index is 967. The average molecular weight is 416 g/mol. The molecule has 0 aromatic heterocycles. The van der Waals surface area contributed by atoms with Gasteiger partial charge in [-0.2, -0.15) is 0 Å². The van der Waals surface area contributed by atoms with Crippen LogP contribution in [-0.4, -0.2) is 68.6 Å². The van der Waals surface area contributed by atoms with Gasteiger partial charge in [0, 0.05) is 6.07 Å². The predicted octanol–water partition coefficient (Wildman–Crippen LogP) is 0.187. The quantitative estimate of drug-likeness (QED) is 0.441. The lowest BCUT2D eigenvalue weighted by Gasteiger charge is -2.39. The van der Waals surface area contributed by atoms with Crippen molar-refractivity contribution in [3.8, 4) is 17.2 Å². The number of benzene rings is 2.